The maximum absolute atomic E-state index is 12.5. The number of halogens is 1. The zero-order valence-corrected chi connectivity index (χ0v) is 17.5. The fourth-order valence-electron chi connectivity index (χ4n) is 4.26. The summed E-state index contributed by atoms with van der Waals surface area (Å²) in [4.78, 5) is 29.2. The van der Waals surface area contributed by atoms with Gasteiger partial charge in [-0.25, -0.2) is 0 Å². The first-order valence-electron chi connectivity index (χ1n) is 9.92. The summed E-state index contributed by atoms with van der Waals surface area (Å²) in [6, 6.07) is 11.4. The molecule has 2 heterocycles. The smallest absolute Gasteiger partial charge is 0.303 e. The third kappa shape index (κ3) is 4.01. The molecule has 29 heavy (non-hydrogen) atoms. The molecule has 0 aromatic heterocycles. The molecule has 1 fully saturated rings. The Hall–Kier alpha value is -2.41. The molecule has 2 aromatic rings. The van der Waals surface area contributed by atoms with Gasteiger partial charge in [-0.2, -0.15) is 0 Å². The van der Waals surface area contributed by atoms with Gasteiger partial charge < -0.3 is 14.5 Å². The van der Waals surface area contributed by atoms with E-state index in [1.54, 1.807) is 30.2 Å². The summed E-state index contributed by atoms with van der Waals surface area (Å²) in [6.45, 7) is 7.46. The molecule has 2 aliphatic rings. The van der Waals surface area contributed by atoms with E-state index in [1.165, 1.54) is 20.9 Å². The topological polar surface area (TPSA) is 55.5 Å². The quantitative estimate of drug-likeness (QED) is 0.682. The molecule has 2 aliphatic heterocycles. The number of anilines is 1. The highest BCUT2D eigenvalue weighted by atomic mass is 35.5. The van der Waals surface area contributed by atoms with Crippen LogP contribution in [0.3, 0.4) is 0 Å². The number of piperazine rings is 1. The molecule has 2 N–H and O–H groups in total. The number of benzene rings is 2. The molecular weight excluding hydrogens is 390 g/mol. The third-order valence-electron chi connectivity index (χ3n) is 5.86. The van der Waals surface area contributed by atoms with Gasteiger partial charge in [-0.15, -0.1) is 0 Å². The van der Waals surface area contributed by atoms with Crippen molar-refractivity contribution in [2.24, 2.45) is 0 Å². The Morgan fingerprint density at radius 3 is 2.48 bits per heavy atom. The normalized spacial score (nSPS) is 21.4. The van der Waals surface area contributed by atoms with Crippen LogP contribution < -0.4 is 19.4 Å². The van der Waals surface area contributed by atoms with E-state index in [0.29, 0.717) is 22.9 Å². The number of Topliss-reactive ketones (excluding diaryl/α,β-unsaturated/α-hetero) is 1. The largest absolute Gasteiger partial charge is 0.496 e. The van der Waals surface area contributed by atoms with Crippen molar-refractivity contribution in [3.63, 3.8) is 0 Å². The van der Waals surface area contributed by atoms with Crippen LogP contribution >= 0.6 is 11.6 Å². The SMILES string of the molecule is COc1ccc(C)cc1C[NH+]1CC[NH+](CN2C(=O)C(=O)c3cc(Cl)ccc32)CC1. The second-order valence-corrected chi connectivity index (χ2v) is 8.31. The number of quaternary nitrogens is 2. The highest BCUT2D eigenvalue weighted by Crippen LogP contribution is 2.30. The number of amides is 1. The maximum Gasteiger partial charge on any atom is 0.303 e. The van der Waals surface area contributed by atoms with Gasteiger partial charge in [-0.05, 0) is 37.3 Å². The van der Waals surface area contributed by atoms with Crippen molar-refractivity contribution in [2.45, 2.75) is 13.5 Å². The van der Waals surface area contributed by atoms with Crippen molar-refractivity contribution in [3.8, 4) is 5.75 Å². The molecule has 0 saturated carbocycles. The molecule has 1 saturated heterocycles. The van der Waals surface area contributed by atoms with E-state index in [0.717, 1.165) is 38.5 Å². The number of carbonyl (C=O) groups is 2. The van der Waals surface area contributed by atoms with Gasteiger partial charge in [-0.1, -0.05) is 23.2 Å². The van der Waals surface area contributed by atoms with Crippen LogP contribution in [-0.4, -0.2) is 51.6 Å². The molecule has 7 heteroatoms. The predicted octanol–water partition coefficient (Wildman–Crippen LogP) is 0.127. The number of fused-ring (bicyclic) bond motifs is 1. The number of nitrogens with zero attached hydrogens (tertiary/aromatic N) is 1. The third-order valence-corrected chi connectivity index (χ3v) is 6.09. The van der Waals surface area contributed by atoms with Gasteiger partial charge in [0.25, 0.3) is 5.78 Å². The Morgan fingerprint density at radius 1 is 1.03 bits per heavy atom. The Bertz CT molecular complexity index is 954. The highest BCUT2D eigenvalue weighted by Gasteiger charge is 2.38. The molecular formula is C22H26ClN3O3+2. The number of nitrogens with one attached hydrogen (secondary N) is 2. The average Bonchev–Trinajstić information content (AvgIpc) is 2.94. The summed E-state index contributed by atoms with van der Waals surface area (Å²) in [5, 5.41) is 0.475. The number of ketones is 1. The van der Waals surface area contributed by atoms with Crippen LogP contribution in [-0.2, 0) is 11.3 Å². The molecule has 0 unspecified atom stereocenters. The van der Waals surface area contributed by atoms with Gasteiger partial charge in [0.1, 0.15) is 38.5 Å². The first-order valence-corrected chi connectivity index (χ1v) is 10.3. The van der Waals surface area contributed by atoms with Crippen molar-refractivity contribution < 1.29 is 24.1 Å². The lowest BCUT2D eigenvalue weighted by Gasteiger charge is -2.32. The van der Waals surface area contributed by atoms with Crippen molar-refractivity contribution in [2.75, 3.05) is 44.9 Å². The minimum atomic E-state index is -0.460. The van der Waals surface area contributed by atoms with Crippen LogP contribution in [0.2, 0.25) is 5.02 Å². The van der Waals surface area contributed by atoms with Crippen molar-refractivity contribution in [3.05, 3.63) is 58.1 Å². The van der Waals surface area contributed by atoms with Crippen LogP contribution in [0.5, 0.6) is 5.75 Å². The van der Waals surface area contributed by atoms with E-state index in [-0.39, 0.29) is 0 Å². The van der Waals surface area contributed by atoms with Gasteiger partial charge in [0.15, 0.2) is 6.67 Å². The van der Waals surface area contributed by atoms with Gasteiger partial charge in [0, 0.05) is 10.6 Å². The summed E-state index contributed by atoms with van der Waals surface area (Å²) >= 11 is 5.99. The predicted molar refractivity (Wildman–Crippen MR) is 111 cm³/mol. The van der Waals surface area contributed by atoms with Crippen molar-refractivity contribution in [1.82, 2.24) is 0 Å². The van der Waals surface area contributed by atoms with Gasteiger partial charge >= 0.3 is 5.91 Å². The summed E-state index contributed by atoms with van der Waals surface area (Å²) in [5.41, 5.74) is 3.56. The molecule has 2 aromatic carbocycles. The monoisotopic (exact) mass is 415 g/mol. The first-order chi connectivity index (χ1) is 14.0. The summed E-state index contributed by atoms with van der Waals surface area (Å²) in [6.07, 6.45) is 0. The Kier molecular flexibility index (Phi) is 5.58. The number of methoxy groups -OCH3 is 1. The summed E-state index contributed by atoms with van der Waals surface area (Å²) < 4.78 is 5.51. The molecule has 152 valence electrons. The van der Waals surface area contributed by atoms with Gasteiger partial charge in [-0.3, -0.25) is 14.5 Å². The molecule has 0 aliphatic carbocycles. The van der Waals surface area contributed by atoms with E-state index in [1.807, 2.05) is 6.07 Å². The van der Waals surface area contributed by atoms with E-state index in [4.69, 9.17) is 16.3 Å². The second-order valence-electron chi connectivity index (χ2n) is 7.87. The fourth-order valence-corrected chi connectivity index (χ4v) is 4.43. The van der Waals surface area contributed by atoms with E-state index >= 15 is 0 Å². The molecule has 0 bridgehead atoms. The number of ether oxygens (including phenoxy) is 1. The molecule has 1 amide bonds. The number of rotatable bonds is 5. The van der Waals surface area contributed by atoms with Crippen LogP contribution in [0.1, 0.15) is 21.5 Å². The van der Waals surface area contributed by atoms with E-state index < -0.39 is 11.7 Å². The molecule has 0 atom stereocenters. The number of aryl methyl sites for hydroxylation is 1. The minimum Gasteiger partial charge on any atom is -0.496 e. The van der Waals surface area contributed by atoms with Crippen molar-refractivity contribution in [1.29, 1.82) is 0 Å². The summed E-state index contributed by atoms with van der Waals surface area (Å²) in [5.74, 6) is 0.0288. The zero-order chi connectivity index (χ0) is 20.5. The molecule has 0 radical (unpaired) electrons. The fraction of sp³-hybridized carbons (Fsp3) is 0.364. The van der Waals surface area contributed by atoms with Crippen LogP contribution in [0.25, 0.3) is 0 Å². The molecule has 4 rings (SSSR count). The van der Waals surface area contributed by atoms with Crippen molar-refractivity contribution >= 4 is 29.0 Å². The number of hydrogen-bond acceptors (Lipinski definition) is 3. The maximum atomic E-state index is 12.5. The van der Waals surface area contributed by atoms with E-state index in [9.17, 15) is 9.59 Å². The Labute approximate surface area is 175 Å². The Balaban J connectivity index is 1.38. The molecule has 6 nitrogen and oxygen atoms in total. The second kappa shape index (κ2) is 8.14. The lowest BCUT2D eigenvalue weighted by molar-refractivity contribution is -1.02. The number of carbonyl (C=O) groups excluding carboxylic acids is 2. The number of hydrogen-bond donors (Lipinski definition) is 2. The minimum absolute atomic E-state index is 0.415. The van der Waals surface area contributed by atoms with Gasteiger partial charge in [0.2, 0.25) is 0 Å². The first kappa shape index (κ1) is 19.9. The van der Waals surface area contributed by atoms with Crippen LogP contribution in [0.4, 0.5) is 5.69 Å². The zero-order valence-electron chi connectivity index (χ0n) is 16.8. The average molecular weight is 416 g/mol. The summed E-state index contributed by atoms with van der Waals surface area (Å²) in [7, 11) is 1.71. The Morgan fingerprint density at radius 2 is 1.76 bits per heavy atom. The molecule has 0 spiro atoms. The van der Waals surface area contributed by atoms with E-state index in [2.05, 4.69) is 19.1 Å². The van der Waals surface area contributed by atoms with Gasteiger partial charge in [0.05, 0.1) is 18.4 Å². The van der Waals surface area contributed by atoms with Crippen LogP contribution in [0.15, 0.2) is 36.4 Å². The highest BCUT2D eigenvalue weighted by molar-refractivity contribution is 6.52. The lowest BCUT2D eigenvalue weighted by atomic mass is 10.1. The lowest BCUT2D eigenvalue weighted by Crippen LogP contribution is -3.28. The van der Waals surface area contributed by atoms with Crippen LogP contribution in [0, 0.1) is 6.92 Å². The standard InChI is InChI=1S/C22H24ClN3O3/c1-15-3-6-20(29-2)16(11-15)13-24-7-9-25(10-8-24)14-26-19-5-4-17(23)12-18(19)21(27)22(26)28/h3-6,11-12H,7-10,13-14H2,1-2H3/p+2.